The van der Waals surface area contributed by atoms with Crippen LogP contribution >= 0.6 is 0 Å². The number of fused-ring (bicyclic) bond motifs is 5. The number of hydrogen-bond acceptors (Lipinski definition) is 7. The molecule has 2 aliphatic carbocycles. The highest BCUT2D eigenvalue weighted by molar-refractivity contribution is 6.00. The van der Waals surface area contributed by atoms with Gasteiger partial charge in [-0.05, 0) is 102 Å². The van der Waals surface area contributed by atoms with Gasteiger partial charge in [0.1, 0.15) is 12.3 Å². The van der Waals surface area contributed by atoms with Gasteiger partial charge in [-0.3, -0.25) is 14.5 Å². The summed E-state index contributed by atoms with van der Waals surface area (Å²) >= 11 is 0. The quantitative estimate of drug-likeness (QED) is 0.199. The van der Waals surface area contributed by atoms with E-state index in [1.807, 2.05) is 47.8 Å². The summed E-state index contributed by atoms with van der Waals surface area (Å²) in [5.74, 6) is 1.75. The fourth-order valence-electron chi connectivity index (χ4n) is 9.21. The Morgan fingerprint density at radius 3 is 2.34 bits per heavy atom. The number of piperidine rings is 2. The predicted molar refractivity (Wildman–Crippen MR) is 173 cm³/mol. The number of benzene rings is 1. The lowest BCUT2D eigenvalue weighted by Gasteiger charge is -2.56. The Morgan fingerprint density at radius 2 is 1.68 bits per heavy atom. The van der Waals surface area contributed by atoms with Crippen LogP contribution in [0.4, 0.5) is 0 Å². The Hall–Kier alpha value is -2.78. The van der Waals surface area contributed by atoms with E-state index in [2.05, 4.69) is 17.0 Å². The van der Waals surface area contributed by atoms with Crippen LogP contribution in [0.2, 0.25) is 0 Å². The number of carboxylic acid groups (broad SMARTS) is 1. The Kier molecular flexibility index (Phi) is 9.71. The van der Waals surface area contributed by atoms with Crippen molar-refractivity contribution in [3.05, 3.63) is 40.3 Å². The molecule has 2 aliphatic heterocycles. The highest BCUT2D eigenvalue weighted by Gasteiger charge is 2.46. The maximum absolute atomic E-state index is 14.4. The van der Waals surface area contributed by atoms with Gasteiger partial charge in [0.05, 0.1) is 17.5 Å². The summed E-state index contributed by atoms with van der Waals surface area (Å²) in [6, 6.07) is 9.61. The second-order valence-corrected chi connectivity index (χ2v) is 14.3. The fraction of sp³-hybridized carbons (Fsp3) is 0.714. The zero-order valence-electron chi connectivity index (χ0n) is 26.9. The van der Waals surface area contributed by atoms with E-state index in [4.69, 9.17) is 9.82 Å². The zero-order chi connectivity index (χ0) is 30.8. The second kappa shape index (κ2) is 13.7. The molecule has 1 aromatic carbocycles. The Morgan fingerprint density at radius 1 is 0.977 bits per heavy atom. The minimum absolute atomic E-state index is 0.0728. The number of aliphatic carboxylic acids is 1. The van der Waals surface area contributed by atoms with Crippen LogP contribution in [0.5, 0.6) is 0 Å². The monoisotopic (exact) mass is 605 g/mol. The van der Waals surface area contributed by atoms with Crippen LogP contribution in [0.3, 0.4) is 0 Å². The topological polar surface area (TPSA) is 100 Å². The Bertz CT molecular complexity index is 1380. The normalized spacial score (nSPS) is 30.9. The van der Waals surface area contributed by atoms with Crippen LogP contribution in [-0.4, -0.2) is 81.5 Å². The molecule has 2 saturated carbocycles. The van der Waals surface area contributed by atoms with E-state index in [0.29, 0.717) is 37.0 Å². The van der Waals surface area contributed by atoms with Crippen molar-refractivity contribution >= 4 is 22.7 Å². The number of oxime groups is 1. The van der Waals surface area contributed by atoms with Crippen LogP contribution in [0.25, 0.3) is 11.0 Å². The van der Waals surface area contributed by atoms with Crippen LogP contribution in [0, 0.1) is 17.8 Å². The van der Waals surface area contributed by atoms with E-state index in [9.17, 15) is 14.7 Å². The standard InChI is InChI=1S/C35H51N5O4/c1-4-23-16-24-18-25(17-23)20-28(19-24)39-26-8-7-9-27(39)22-29(21-26)40-32-11-6-5-10-30(32)36-34(35(40)43)31(12-13-33(41)42)37-44-15-14-38(2)3/h5-6,10-11,23-29H,4,7-9,12-22H2,1-3H3,(H,41,42)/b37-31+/t23-,24-,25+,26-,27+,28?,29?. The lowest BCUT2D eigenvalue weighted by Crippen LogP contribution is -2.59. The van der Waals surface area contributed by atoms with Gasteiger partial charge in [0.15, 0.2) is 5.69 Å². The highest BCUT2D eigenvalue weighted by atomic mass is 16.6. The first-order valence-electron chi connectivity index (χ1n) is 17.1. The minimum atomic E-state index is -0.940. The number of nitrogens with zero attached hydrogens (tertiary/aromatic N) is 5. The first-order valence-corrected chi connectivity index (χ1v) is 17.1. The SMILES string of the molecule is CC[C@@H]1C[C@H]2CC(N3[C@@H]4CCC[C@H]3CC(n3c(=O)c(/C(CCC(=O)O)=N/OCCN(C)C)nc5ccccc53)C4)C[C@@H](C1)C2. The van der Waals surface area contributed by atoms with Gasteiger partial charge in [-0.25, -0.2) is 4.98 Å². The van der Waals surface area contributed by atoms with Crippen LogP contribution in [-0.2, 0) is 9.63 Å². The fourth-order valence-corrected chi connectivity index (χ4v) is 9.21. The third kappa shape index (κ3) is 6.74. The van der Waals surface area contributed by atoms with Gasteiger partial charge in [-0.15, -0.1) is 0 Å². The lowest BCUT2D eigenvalue weighted by atomic mass is 9.64. The summed E-state index contributed by atoms with van der Waals surface area (Å²) in [5, 5.41) is 13.7. The van der Waals surface area contributed by atoms with Crippen molar-refractivity contribution in [2.75, 3.05) is 27.2 Å². The average molecular weight is 606 g/mol. The number of carbonyl (C=O) groups is 1. The lowest BCUT2D eigenvalue weighted by molar-refractivity contribution is -0.136. The zero-order valence-corrected chi connectivity index (χ0v) is 26.9. The van der Waals surface area contributed by atoms with Crippen molar-refractivity contribution in [2.45, 2.75) is 115 Å². The van der Waals surface area contributed by atoms with E-state index in [-0.39, 0.29) is 30.1 Å². The number of carboxylic acids is 1. The van der Waals surface area contributed by atoms with E-state index in [1.165, 1.54) is 57.8 Å². The molecule has 9 heteroatoms. The number of aromatic nitrogens is 2. The van der Waals surface area contributed by atoms with Crippen LogP contribution in [0.1, 0.15) is 102 Å². The van der Waals surface area contributed by atoms with E-state index in [1.54, 1.807) is 0 Å². The molecule has 0 amide bonds. The smallest absolute Gasteiger partial charge is 0.303 e. The molecule has 2 unspecified atom stereocenters. The third-order valence-electron chi connectivity index (χ3n) is 11.0. The van der Waals surface area contributed by atoms with Gasteiger partial charge in [-0.2, -0.15) is 0 Å². The molecule has 7 atom stereocenters. The van der Waals surface area contributed by atoms with Gasteiger partial charge in [0.2, 0.25) is 0 Å². The molecule has 0 radical (unpaired) electrons. The van der Waals surface area contributed by atoms with Gasteiger partial charge in [-0.1, -0.05) is 37.1 Å². The number of hydrogen-bond donors (Lipinski definition) is 1. The molecular formula is C35H51N5O4. The molecule has 2 saturated heterocycles. The molecule has 3 heterocycles. The average Bonchev–Trinajstić information content (AvgIpc) is 2.99. The molecular weight excluding hydrogens is 554 g/mol. The van der Waals surface area contributed by atoms with Crippen LogP contribution in [0.15, 0.2) is 34.2 Å². The largest absolute Gasteiger partial charge is 0.481 e. The van der Waals surface area contributed by atoms with Crippen molar-refractivity contribution < 1.29 is 14.7 Å². The molecule has 1 N–H and O–H groups in total. The maximum atomic E-state index is 14.4. The first-order chi connectivity index (χ1) is 21.3. The van der Waals surface area contributed by atoms with E-state index < -0.39 is 5.97 Å². The van der Waals surface area contributed by atoms with Gasteiger partial charge < -0.3 is 19.4 Å². The van der Waals surface area contributed by atoms with Gasteiger partial charge >= 0.3 is 5.97 Å². The number of likely N-dealkylation sites (N-methyl/N-ethyl adjacent to an activating group) is 1. The predicted octanol–water partition coefficient (Wildman–Crippen LogP) is 5.71. The molecule has 2 aromatic rings. The minimum Gasteiger partial charge on any atom is -0.481 e. The molecule has 1 aromatic heterocycles. The number of rotatable bonds is 11. The molecule has 9 nitrogen and oxygen atoms in total. The summed E-state index contributed by atoms with van der Waals surface area (Å²) < 4.78 is 1.98. The van der Waals surface area contributed by atoms with Crippen molar-refractivity contribution in [1.29, 1.82) is 0 Å². The van der Waals surface area contributed by atoms with Gasteiger partial charge in [0, 0.05) is 37.1 Å². The summed E-state index contributed by atoms with van der Waals surface area (Å²) in [7, 11) is 3.90. The summed E-state index contributed by atoms with van der Waals surface area (Å²) in [6.07, 6.45) is 13.8. The van der Waals surface area contributed by atoms with Crippen molar-refractivity contribution in [3.63, 3.8) is 0 Å². The Labute approximate surface area is 261 Å². The first kappa shape index (κ1) is 31.2. The van der Waals surface area contributed by atoms with E-state index >= 15 is 0 Å². The van der Waals surface area contributed by atoms with Crippen molar-refractivity contribution in [2.24, 2.45) is 22.9 Å². The summed E-state index contributed by atoms with van der Waals surface area (Å²) in [4.78, 5) is 41.2. The summed E-state index contributed by atoms with van der Waals surface area (Å²) in [6.45, 7) is 3.37. The molecule has 4 bridgehead atoms. The summed E-state index contributed by atoms with van der Waals surface area (Å²) in [5.41, 5.74) is 1.93. The Balaban J connectivity index is 1.30. The molecule has 4 aliphatic rings. The third-order valence-corrected chi connectivity index (χ3v) is 11.0. The maximum Gasteiger partial charge on any atom is 0.303 e. The molecule has 44 heavy (non-hydrogen) atoms. The molecule has 0 spiro atoms. The highest BCUT2D eigenvalue weighted by Crippen LogP contribution is 2.49. The van der Waals surface area contributed by atoms with Crippen molar-refractivity contribution in [3.8, 4) is 0 Å². The number of para-hydroxylation sites is 2. The molecule has 4 fully saturated rings. The van der Waals surface area contributed by atoms with Gasteiger partial charge in [0.25, 0.3) is 5.56 Å². The molecule has 6 rings (SSSR count). The van der Waals surface area contributed by atoms with Crippen molar-refractivity contribution in [1.82, 2.24) is 19.4 Å². The van der Waals surface area contributed by atoms with E-state index in [0.717, 1.165) is 41.6 Å². The van der Waals surface area contributed by atoms with Crippen LogP contribution < -0.4 is 5.56 Å². The second-order valence-electron chi connectivity index (χ2n) is 14.3. The molecule has 240 valence electrons.